The molecule has 98 valence electrons. The number of phenolic OH excluding ortho intramolecular Hbond substituents is 1. The molecule has 1 atom stereocenters. The van der Waals surface area contributed by atoms with Crippen LogP contribution < -0.4 is 5.32 Å². The van der Waals surface area contributed by atoms with Crippen molar-refractivity contribution < 1.29 is 9.90 Å². The molecule has 1 unspecified atom stereocenters. The maximum atomic E-state index is 11.9. The number of nitrogens with one attached hydrogen (secondary N) is 1. The van der Waals surface area contributed by atoms with Crippen molar-refractivity contribution in [2.45, 2.75) is 19.3 Å². The average molecular weight is 255 g/mol. The molecule has 0 radical (unpaired) electrons. The number of benzene rings is 2. The summed E-state index contributed by atoms with van der Waals surface area (Å²) in [6.45, 7) is 2.03. The normalized spacial score (nSPS) is 11.8. The van der Waals surface area contributed by atoms with Crippen molar-refractivity contribution in [1.82, 2.24) is 0 Å². The molecule has 0 aliphatic carbocycles. The standard InChI is InChI=1S/C16H17NO2/c1-12(13-6-3-2-4-7-13)10-16(19)17-14-8-5-9-15(18)11-14/h2-9,11-12,18H,10H2,1H3,(H,17,19). The van der Waals surface area contributed by atoms with Crippen LogP contribution in [0.4, 0.5) is 5.69 Å². The predicted molar refractivity (Wildman–Crippen MR) is 76.2 cm³/mol. The minimum atomic E-state index is -0.0537. The highest BCUT2D eigenvalue weighted by Crippen LogP contribution is 2.20. The summed E-state index contributed by atoms with van der Waals surface area (Å²) < 4.78 is 0. The molecule has 0 bridgehead atoms. The van der Waals surface area contributed by atoms with Gasteiger partial charge in [-0.2, -0.15) is 0 Å². The first kappa shape index (κ1) is 13.1. The van der Waals surface area contributed by atoms with Gasteiger partial charge in [0.1, 0.15) is 5.75 Å². The molecule has 0 heterocycles. The number of phenols is 1. The summed E-state index contributed by atoms with van der Waals surface area (Å²) in [4.78, 5) is 11.9. The lowest BCUT2D eigenvalue weighted by molar-refractivity contribution is -0.116. The van der Waals surface area contributed by atoms with E-state index >= 15 is 0 Å². The molecule has 0 aliphatic rings. The Morgan fingerprint density at radius 1 is 1.16 bits per heavy atom. The van der Waals surface area contributed by atoms with E-state index in [0.717, 1.165) is 5.56 Å². The highest BCUT2D eigenvalue weighted by molar-refractivity contribution is 5.91. The second-order valence-electron chi connectivity index (χ2n) is 4.61. The van der Waals surface area contributed by atoms with Crippen molar-refractivity contribution in [1.29, 1.82) is 0 Å². The molecule has 2 N–H and O–H groups in total. The molecule has 2 rings (SSSR count). The van der Waals surface area contributed by atoms with Gasteiger partial charge in [0.25, 0.3) is 0 Å². The highest BCUT2D eigenvalue weighted by atomic mass is 16.3. The van der Waals surface area contributed by atoms with E-state index < -0.39 is 0 Å². The molecule has 1 amide bonds. The van der Waals surface area contributed by atoms with Crippen molar-refractivity contribution in [2.24, 2.45) is 0 Å². The first-order valence-electron chi connectivity index (χ1n) is 6.29. The Morgan fingerprint density at radius 3 is 2.58 bits per heavy atom. The van der Waals surface area contributed by atoms with Crippen molar-refractivity contribution in [2.75, 3.05) is 5.32 Å². The third-order valence-electron chi connectivity index (χ3n) is 2.99. The summed E-state index contributed by atoms with van der Waals surface area (Å²) in [7, 11) is 0. The summed E-state index contributed by atoms with van der Waals surface area (Å²) in [5.41, 5.74) is 1.76. The molecular weight excluding hydrogens is 238 g/mol. The Hall–Kier alpha value is -2.29. The van der Waals surface area contributed by atoms with Gasteiger partial charge in [-0.05, 0) is 23.6 Å². The lowest BCUT2D eigenvalue weighted by Gasteiger charge is -2.12. The fraction of sp³-hybridized carbons (Fsp3) is 0.188. The summed E-state index contributed by atoms with van der Waals surface area (Å²) in [6, 6.07) is 16.5. The number of hydrogen-bond donors (Lipinski definition) is 2. The molecule has 19 heavy (non-hydrogen) atoms. The zero-order valence-electron chi connectivity index (χ0n) is 10.8. The van der Waals surface area contributed by atoms with E-state index in [1.807, 2.05) is 37.3 Å². The van der Waals surface area contributed by atoms with Crippen LogP contribution in [0.25, 0.3) is 0 Å². The van der Waals surface area contributed by atoms with Gasteiger partial charge in [0.2, 0.25) is 5.91 Å². The molecule has 0 spiro atoms. The SMILES string of the molecule is CC(CC(=O)Nc1cccc(O)c1)c1ccccc1. The van der Waals surface area contributed by atoms with E-state index in [1.165, 1.54) is 6.07 Å². The van der Waals surface area contributed by atoms with Crippen molar-refractivity contribution in [3.05, 3.63) is 60.2 Å². The smallest absolute Gasteiger partial charge is 0.224 e. The fourth-order valence-corrected chi connectivity index (χ4v) is 1.97. The van der Waals surface area contributed by atoms with Gasteiger partial charge in [-0.3, -0.25) is 4.79 Å². The van der Waals surface area contributed by atoms with Crippen LogP contribution >= 0.6 is 0 Å². The number of hydrogen-bond acceptors (Lipinski definition) is 2. The molecule has 0 aromatic heterocycles. The summed E-state index contributed by atoms with van der Waals surface area (Å²) in [5.74, 6) is 0.259. The quantitative estimate of drug-likeness (QED) is 0.878. The Morgan fingerprint density at radius 2 is 1.89 bits per heavy atom. The zero-order chi connectivity index (χ0) is 13.7. The summed E-state index contributed by atoms with van der Waals surface area (Å²) in [5, 5.41) is 12.1. The number of rotatable bonds is 4. The van der Waals surface area contributed by atoms with Crippen LogP contribution in [0.15, 0.2) is 54.6 Å². The number of carbonyl (C=O) groups is 1. The van der Waals surface area contributed by atoms with Crippen LogP contribution in [0, 0.1) is 0 Å². The maximum absolute atomic E-state index is 11.9. The molecule has 3 nitrogen and oxygen atoms in total. The summed E-state index contributed by atoms with van der Waals surface area (Å²) in [6.07, 6.45) is 0.416. The lowest BCUT2D eigenvalue weighted by Crippen LogP contribution is -2.14. The first-order valence-corrected chi connectivity index (χ1v) is 6.29. The Balaban J connectivity index is 1.95. The van der Waals surface area contributed by atoms with E-state index in [0.29, 0.717) is 12.1 Å². The van der Waals surface area contributed by atoms with Gasteiger partial charge < -0.3 is 10.4 Å². The number of aromatic hydroxyl groups is 1. The van der Waals surface area contributed by atoms with Crippen LogP contribution in [0.2, 0.25) is 0 Å². The molecule has 0 saturated carbocycles. The number of amides is 1. The number of anilines is 1. The second kappa shape index (κ2) is 6.05. The van der Waals surface area contributed by atoms with Gasteiger partial charge in [-0.25, -0.2) is 0 Å². The van der Waals surface area contributed by atoms with Crippen LogP contribution in [0.3, 0.4) is 0 Å². The van der Waals surface area contributed by atoms with Gasteiger partial charge >= 0.3 is 0 Å². The molecule has 0 aliphatic heterocycles. The third-order valence-corrected chi connectivity index (χ3v) is 2.99. The van der Waals surface area contributed by atoms with E-state index in [2.05, 4.69) is 5.32 Å². The Kier molecular flexibility index (Phi) is 4.18. The Bertz CT molecular complexity index is 552. The fourth-order valence-electron chi connectivity index (χ4n) is 1.97. The van der Waals surface area contributed by atoms with Gasteiger partial charge in [0.05, 0.1) is 0 Å². The van der Waals surface area contributed by atoms with Gasteiger partial charge in [-0.1, -0.05) is 43.3 Å². The summed E-state index contributed by atoms with van der Waals surface area (Å²) >= 11 is 0. The van der Waals surface area contributed by atoms with Crippen molar-refractivity contribution >= 4 is 11.6 Å². The largest absolute Gasteiger partial charge is 0.508 e. The zero-order valence-corrected chi connectivity index (χ0v) is 10.8. The van der Waals surface area contributed by atoms with E-state index in [-0.39, 0.29) is 17.6 Å². The third kappa shape index (κ3) is 3.85. The molecular formula is C16H17NO2. The van der Waals surface area contributed by atoms with Gasteiger partial charge in [0, 0.05) is 18.2 Å². The van der Waals surface area contributed by atoms with Crippen LogP contribution in [0.1, 0.15) is 24.8 Å². The van der Waals surface area contributed by atoms with Gasteiger partial charge in [0.15, 0.2) is 0 Å². The van der Waals surface area contributed by atoms with E-state index in [4.69, 9.17) is 0 Å². The lowest BCUT2D eigenvalue weighted by atomic mass is 9.97. The minimum absolute atomic E-state index is 0.0537. The molecule has 3 heteroatoms. The molecule has 0 saturated heterocycles. The number of carbonyl (C=O) groups excluding carboxylic acids is 1. The second-order valence-corrected chi connectivity index (χ2v) is 4.61. The first-order chi connectivity index (χ1) is 9.15. The van der Waals surface area contributed by atoms with Crippen molar-refractivity contribution in [3.63, 3.8) is 0 Å². The van der Waals surface area contributed by atoms with Crippen LogP contribution in [-0.2, 0) is 4.79 Å². The maximum Gasteiger partial charge on any atom is 0.224 e. The monoisotopic (exact) mass is 255 g/mol. The minimum Gasteiger partial charge on any atom is -0.508 e. The van der Waals surface area contributed by atoms with Crippen LogP contribution in [0.5, 0.6) is 5.75 Å². The Labute approximate surface area is 112 Å². The average Bonchev–Trinajstić information content (AvgIpc) is 2.39. The van der Waals surface area contributed by atoms with Gasteiger partial charge in [-0.15, -0.1) is 0 Å². The van der Waals surface area contributed by atoms with Crippen molar-refractivity contribution in [3.8, 4) is 5.75 Å². The topological polar surface area (TPSA) is 49.3 Å². The molecule has 2 aromatic rings. The molecule has 2 aromatic carbocycles. The van der Waals surface area contributed by atoms with Crippen LogP contribution in [-0.4, -0.2) is 11.0 Å². The van der Waals surface area contributed by atoms with E-state index in [1.54, 1.807) is 18.2 Å². The molecule has 0 fully saturated rings. The predicted octanol–water partition coefficient (Wildman–Crippen LogP) is 3.52. The highest BCUT2D eigenvalue weighted by Gasteiger charge is 2.11. The van der Waals surface area contributed by atoms with E-state index in [9.17, 15) is 9.90 Å².